The van der Waals surface area contributed by atoms with Crippen LogP contribution in [0.25, 0.3) is 0 Å². The molecule has 96 valence electrons. The van der Waals surface area contributed by atoms with Crippen LogP contribution in [0.1, 0.15) is 26.7 Å². The van der Waals surface area contributed by atoms with Gasteiger partial charge in [-0.1, -0.05) is 25.4 Å². The highest BCUT2D eigenvalue weighted by molar-refractivity contribution is 7.99. The minimum atomic E-state index is 0.733. The highest BCUT2D eigenvalue weighted by atomic mass is 35.5. The topological polar surface area (TPSA) is 24.9 Å². The van der Waals surface area contributed by atoms with E-state index in [1.54, 1.807) is 18.0 Å². The third kappa shape index (κ3) is 6.92. The van der Waals surface area contributed by atoms with E-state index in [1.807, 2.05) is 12.1 Å². The van der Waals surface area contributed by atoms with Crippen LogP contribution in [0.5, 0.6) is 0 Å². The van der Waals surface area contributed by atoms with Crippen LogP contribution in [-0.2, 0) is 0 Å². The van der Waals surface area contributed by atoms with E-state index in [4.69, 9.17) is 11.6 Å². The summed E-state index contributed by atoms with van der Waals surface area (Å²) in [4.78, 5) is 4.25. The number of hydrogen-bond donors (Lipinski definition) is 1. The van der Waals surface area contributed by atoms with E-state index >= 15 is 0 Å². The van der Waals surface area contributed by atoms with Gasteiger partial charge in [-0.3, -0.25) is 0 Å². The molecule has 0 atom stereocenters. The summed E-state index contributed by atoms with van der Waals surface area (Å²) in [5, 5.41) is 5.15. The van der Waals surface area contributed by atoms with Crippen molar-refractivity contribution in [2.45, 2.75) is 31.7 Å². The molecule has 0 unspecified atom stereocenters. The lowest BCUT2D eigenvalue weighted by Crippen LogP contribution is -2.20. The van der Waals surface area contributed by atoms with Crippen LogP contribution in [0.15, 0.2) is 23.4 Å². The number of unbranched alkanes of at least 4 members (excludes halogenated alkanes) is 1. The van der Waals surface area contributed by atoms with Gasteiger partial charge in [0.1, 0.15) is 5.03 Å². The molecular formula is C13H21ClN2S. The summed E-state index contributed by atoms with van der Waals surface area (Å²) < 4.78 is 0. The summed E-state index contributed by atoms with van der Waals surface area (Å²) in [7, 11) is 0. The summed E-state index contributed by atoms with van der Waals surface area (Å²) >= 11 is 7.77. The highest BCUT2D eigenvalue weighted by Crippen LogP contribution is 2.24. The van der Waals surface area contributed by atoms with Gasteiger partial charge in [0.2, 0.25) is 0 Å². The monoisotopic (exact) mass is 272 g/mol. The van der Waals surface area contributed by atoms with Gasteiger partial charge >= 0.3 is 0 Å². The van der Waals surface area contributed by atoms with Crippen molar-refractivity contribution in [3.05, 3.63) is 23.4 Å². The maximum Gasteiger partial charge on any atom is 0.115 e. The Kier molecular flexibility index (Phi) is 7.65. The molecule has 0 aliphatic rings. The molecule has 0 bridgehead atoms. The van der Waals surface area contributed by atoms with Crippen LogP contribution in [0, 0.1) is 5.92 Å². The first-order chi connectivity index (χ1) is 8.20. The Morgan fingerprint density at radius 3 is 2.94 bits per heavy atom. The number of halogens is 1. The quantitative estimate of drug-likeness (QED) is 0.575. The molecule has 1 heterocycles. The fourth-order valence-corrected chi connectivity index (χ4v) is 2.56. The zero-order valence-electron chi connectivity index (χ0n) is 10.6. The number of thioether (sulfide) groups is 1. The molecule has 1 N–H and O–H groups in total. The van der Waals surface area contributed by atoms with Crippen molar-refractivity contribution in [3.8, 4) is 0 Å². The molecule has 0 radical (unpaired) electrons. The first-order valence-corrected chi connectivity index (χ1v) is 7.50. The lowest BCUT2D eigenvalue weighted by atomic mass is 10.2. The van der Waals surface area contributed by atoms with E-state index < -0.39 is 0 Å². The largest absolute Gasteiger partial charge is 0.316 e. The molecule has 1 aromatic heterocycles. The van der Waals surface area contributed by atoms with Crippen LogP contribution >= 0.6 is 23.4 Å². The molecule has 0 aliphatic carbocycles. The number of hydrogen-bond acceptors (Lipinski definition) is 3. The molecule has 1 rings (SSSR count). The predicted octanol–water partition coefficient (Wildman–Crippen LogP) is 3.85. The van der Waals surface area contributed by atoms with Gasteiger partial charge in [-0.25, -0.2) is 4.98 Å². The summed E-state index contributed by atoms with van der Waals surface area (Å²) in [6.07, 6.45) is 4.20. The summed E-state index contributed by atoms with van der Waals surface area (Å²) in [5.41, 5.74) is 0. The number of rotatable bonds is 8. The fourth-order valence-electron chi connectivity index (χ4n) is 1.39. The first-order valence-electron chi connectivity index (χ1n) is 6.14. The number of nitrogens with one attached hydrogen (secondary N) is 1. The number of nitrogens with zero attached hydrogens (tertiary/aromatic N) is 1. The maximum atomic E-state index is 6.03. The van der Waals surface area contributed by atoms with Crippen molar-refractivity contribution < 1.29 is 0 Å². The molecule has 0 fully saturated rings. The Hall–Kier alpha value is -0.250. The Morgan fingerprint density at radius 1 is 1.41 bits per heavy atom. The number of pyridine rings is 1. The second-order valence-corrected chi connectivity index (χ2v) is 5.93. The lowest BCUT2D eigenvalue weighted by molar-refractivity contribution is 0.541. The van der Waals surface area contributed by atoms with Crippen LogP contribution in [-0.4, -0.2) is 23.8 Å². The molecule has 0 aromatic carbocycles. The normalized spacial score (nSPS) is 11.1. The fraction of sp³-hybridized carbons (Fsp3) is 0.615. The zero-order valence-corrected chi connectivity index (χ0v) is 12.2. The van der Waals surface area contributed by atoms with Gasteiger partial charge < -0.3 is 5.32 Å². The highest BCUT2D eigenvalue weighted by Gasteiger charge is 2.00. The van der Waals surface area contributed by atoms with E-state index in [0.29, 0.717) is 0 Å². The molecule has 2 nitrogen and oxygen atoms in total. The minimum Gasteiger partial charge on any atom is -0.316 e. The van der Waals surface area contributed by atoms with Crippen molar-refractivity contribution in [2.75, 3.05) is 18.8 Å². The number of aromatic nitrogens is 1. The van der Waals surface area contributed by atoms with Gasteiger partial charge in [-0.05, 0) is 49.7 Å². The predicted molar refractivity (Wildman–Crippen MR) is 76.9 cm³/mol. The first kappa shape index (κ1) is 14.8. The minimum absolute atomic E-state index is 0.733. The lowest BCUT2D eigenvalue weighted by Gasteiger charge is -2.07. The van der Waals surface area contributed by atoms with Crippen molar-refractivity contribution in [1.82, 2.24) is 10.3 Å². The van der Waals surface area contributed by atoms with Gasteiger partial charge in [0, 0.05) is 6.20 Å². The van der Waals surface area contributed by atoms with Crippen LogP contribution in [0.4, 0.5) is 0 Å². The molecule has 0 amide bonds. The average molecular weight is 273 g/mol. The summed E-state index contributed by atoms with van der Waals surface area (Å²) in [5.74, 6) is 1.82. The molecule has 0 spiro atoms. The summed E-state index contributed by atoms with van der Waals surface area (Å²) in [6.45, 7) is 6.67. The van der Waals surface area contributed by atoms with Crippen molar-refractivity contribution in [3.63, 3.8) is 0 Å². The molecule has 1 aromatic rings. The molecule has 0 aliphatic heterocycles. The third-order valence-electron chi connectivity index (χ3n) is 2.26. The SMILES string of the molecule is CC(C)CNCCCCSc1ncccc1Cl. The average Bonchev–Trinajstić information content (AvgIpc) is 2.30. The molecule has 0 saturated heterocycles. The van der Waals surface area contributed by atoms with Gasteiger partial charge in [0.25, 0.3) is 0 Å². The molecule has 17 heavy (non-hydrogen) atoms. The molecule has 4 heteroatoms. The molecule has 0 saturated carbocycles. The van der Waals surface area contributed by atoms with Gasteiger partial charge in [0.05, 0.1) is 5.02 Å². The maximum absolute atomic E-state index is 6.03. The Bertz CT molecular complexity index is 318. The Balaban J connectivity index is 2.03. The van der Waals surface area contributed by atoms with Crippen LogP contribution in [0.2, 0.25) is 5.02 Å². The standard InChI is InChI=1S/C13H21ClN2S/c1-11(2)10-15-7-3-4-9-17-13-12(14)6-5-8-16-13/h5-6,8,11,15H,3-4,7,9-10H2,1-2H3. The third-order valence-corrected chi connectivity index (χ3v) is 3.77. The zero-order chi connectivity index (χ0) is 12.5. The molecular weight excluding hydrogens is 252 g/mol. The second kappa shape index (κ2) is 8.78. The van der Waals surface area contributed by atoms with Crippen molar-refractivity contribution in [2.24, 2.45) is 5.92 Å². The van der Waals surface area contributed by atoms with E-state index in [1.165, 1.54) is 12.8 Å². The van der Waals surface area contributed by atoms with Crippen molar-refractivity contribution >= 4 is 23.4 Å². The second-order valence-electron chi connectivity index (χ2n) is 4.44. The van der Waals surface area contributed by atoms with E-state index in [9.17, 15) is 0 Å². The van der Waals surface area contributed by atoms with E-state index in [-0.39, 0.29) is 0 Å². The Labute approximate surface area is 114 Å². The summed E-state index contributed by atoms with van der Waals surface area (Å²) in [6, 6.07) is 3.75. The van der Waals surface area contributed by atoms with Crippen molar-refractivity contribution in [1.29, 1.82) is 0 Å². The van der Waals surface area contributed by atoms with Crippen LogP contribution in [0.3, 0.4) is 0 Å². The Morgan fingerprint density at radius 2 is 2.24 bits per heavy atom. The van der Waals surface area contributed by atoms with Crippen LogP contribution < -0.4 is 5.32 Å². The van der Waals surface area contributed by atoms with Gasteiger partial charge in [-0.15, -0.1) is 11.8 Å². The van der Waals surface area contributed by atoms with Gasteiger partial charge in [0.15, 0.2) is 0 Å². The smallest absolute Gasteiger partial charge is 0.115 e. The van der Waals surface area contributed by atoms with Gasteiger partial charge in [-0.2, -0.15) is 0 Å². The van der Waals surface area contributed by atoms with E-state index in [0.717, 1.165) is 34.8 Å². The van der Waals surface area contributed by atoms with E-state index in [2.05, 4.69) is 24.1 Å².